The molecule has 1 unspecified atom stereocenters. The minimum absolute atomic E-state index is 0.0890. The number of nitrogens with one attached hydrogen (secondary N) is 1. The highest BCUT2D eigenvalue weighted by Gasteiger charge is 2.14. The Morgan fingerprint density at radius 1 is 1.17 bits per heavy atom. The molecule has 2 aromatic carbocycles. The highest BCUT2D eigenvalue weighted by Crippen LogP contribution is 2.17. The van der Waals surface area contributed by atoms with Crippen molar-refractivity contribution in [2.45, 2.75) is 13.0 Å². The van der Waals surface area contributed by atoms with Crippen LogP contribution in [-0.2, 0) is 4.74 Å². The summed E-state index contributed by atoms with van der Waals surface area (Å²) in [6, 6.07) is 13.1. The molecule has 0 saturated heterocycles. The molecule has 0 aliphatic rings. The molecular weight excluding hydrogens is 297 g/mol. The fourth-order valence-corrected chi connectivity index (χ4v) is 2.14. The fraction of sp³-hybridized carbons (Fsp3) is 0.278. The lowest BCUT2D eigenvalue weighted by molar-refractivity contribution is 0.0277. The molecule has 2 rings (SSSR count). The number of rotatable bonds is 7. The second kappa shape index (κ2) is 8.41. The van der Waals surface area contributed by atoms with E-state index in [4.69, 9.17) is 9.84 Å². The van der Waals surface area contributed by atoms with E-state index >= 15 is 0 Å². The number of hydrogen-bond acceptors (Lipinski definition) is 3. The standard InChI is InChI=1S/C18H20FNO3/c1-13-2-4-14(5-3-13)17(23-11-10-21)12-20-18(22)15-6-8-16(19)9-7-15/h2-9,17,21H,10-12H2,1H3,(H,20,22). The summed E-state index contributed by atoms with van der Waals surface area (Å²) in [5.41, 5.74) is 2.43. The lowest BCUT2D eigenvalue weighted by Crippen LogP contribution is -2.30. The van der Waals surface area contributed by atoms with Gasteiger partial charge in [0.1, 0.15) is 5.82 Å². The Labute approximate surface area is 134 Å². The summed E-state index contributed by atoms with van der Waals surface area (Å²) in [6.45, 7) is 2.35. The Bertz CT molecular complexity index is 626. The SMILES string of the molecule is Cc1ccc(C(CNC(=O)c2ccc(F)cc2)OCCO)cc1. The zero-order valence-corrected chi connectivity index (χ0v) is 13.0. The molecule has 1 atom stereocenters. The van der Waals surface area contributed by atoms with Gasteiger partial charge in [-0.15, -0.1) is 0 Å². The highest BCUT2D eigenvalue weighted by molar-refractivity contribution is 5.94. The molecule has 0 radical (unpaired) electrons. The third-order valence-electron chi connectivity index (χ3n) is 3.41. The van der Waals surface area contributed by atoms with Gasteiger partial charge in [0, 0.05) is 12.1 Å². The zero-order chi connectivity index (χ0) is 16.7. The molecule has 0 spiro atoms. The van der Waals surface area contributed by atoms with Crippen LogP contribution >= 0.6 is 0 Å². The van der Waals surface area contributed by atoms with Crippen LogP contribution in [0.5, 0.6) is 0 Å². The van der Waals surface area contributed by atoms with Crippen LogP contribution in [0.2, 0.25) is 0 Å². The van der Waals surface area contributed by atoms with Crippen molar-refractivity contribution < 1.29 is 19.0 Å². The van der Waals surface area contributed by atoms with Crippen molar-refractivity contribution in [1.82, 2.24) is 5.32 Å². The van der Waals surface area contributed by atoms with Gasteiger partial charge in [0.05, 0.1) is 19.3 Å². The average Bonchev–Trinajstić information content (AvgIpc) is 2.56. The smallest absolute Gasteiger partial charge is 0.251 e. The minimum atomic E-state index is -0.384. The van der Waals surface area contributed by atoms with E-state index in [1.165, 1.54) is 24.3 Å². The predicted molar refractivity (Wildman–Crippen MR) is 85.7 cm³/mol. The van der Waals surface area contributed by atoms with Gasteiger partial charge in [-0.1, -0.05) is 29.8 Å². The Kier molecular flexibility index (Phi) is 6.26. The Morgan fingerprint density at radius 2 is 1.83 bits per heavy atom. The van der Waals surface area contributed by atoms with Gasteiger partial charge in [-0.05, 0) is 36.8 Å². The van der Waals surface area contributed by atoms with E-state index < -0.39 is 0 Å². The van der Waals surface area contributed by atoms with Crippen molar-refractivity contribution in [3.05, 3.63) is 71.0 Å². The molecule has 0 aromatic heterocycles. The Morgan fingerprint density at radius 3 is 2.43 bits per heavy atom. The topological polar surface area (TPSA) is 58.6 Å². The van der Waals surface area contributed by atoms with Gasteiger partial charge in [-0.3, -0.25) is 4.79 Å². The number of aliphatic hydroxyl groups is 1. The molecule has 23 heavy (non-hydrogen) atoms. The number of carbonyl (C=O) groups excluding carboxylic acids is 1. The lowest BCUT2D eigenvalue weighted by Gasteiger charge is -2.19. The minimum Gasteiger partial charge on any atom is -0.394 e. The van der Waals surface area contributed by atoms with Crippen LogP contribution in [0.25, 0.3) is 0 Å². The van der Waals surface area contributed by atoms with Gasteiger partial charge < -0.3 is 15.2 Å². The quantitative estimate of drug-likeness (QED) is 0.825. The van der Waals surface area contributed by atoms with Gasteiger partial charge in [0.15, 0.2) is 0 Å². The van der Waals surface area contributed by atoms with Crippen LogP contribution in [0, 0.1) is 12.7 Å². The number of amides is 1. The van der Waals surface area contributed by atoms with E-state index in [0.717, 1.165) is 11.1 Å². The summed E-state index contributed by atoms with van der Waals surface area (Å²) in [7, 11) is 0. The molecule has 0 aliphatic carbocycles. The average molecular weight is 317 g/mol. The summed E-state index contributed by atoms with van der Waals surface area (Å²) in [5, 5.41) is 11.7. The molecule has 0 bridgehead atoms. The molecule has 0 fully saturated rings. The predicted octanol–water partition coefficient (Wildman–Crippen LogP) is 2.61. The number of aliphatic hydroxyl groups excluding tert-OH is 1. The van der Waals surface area contributed by atoms with Crippen molar-refractivity contribution in [1.29, 1.82) is 0 Å². The maximum absolute atomic E-state index is 12.9. The number of halogens is 1. The van der Waals surface area contributed by atoms with Crippen molar-refractivity contribution in [2.75, 3.05) is 19.8 Å². The van der Waals surface area contributed by atoms with E-state index in [0.29, 0.717) is 5.56 Å². The van der Waals surface area contributed by atoms with E-state index in [1.807, 2.05) is 31.2 Å². The number of benzene rings is 2. The first-order valence-electron chi connectivity index (χ1n) is 7.43. The van der Waals surface area contributed by atoms with Crippen LogP contribution in [0.15, 0.2) is 48.5 Å². The summed E-state index contributed by atoms with van der Waals surface area (Å²) in [6.07, 6.45) is -0.354. The fourth-order valence-electron chi connectivity index (χ4n) is 2.14. The molecule has 0 aliphatic heterocycles. The Balaban J connectivity index is 2.01. The maximum atomic E-state index is 12.9. The van der Waals surface area contributed by atoms with Gasteiger partial charge in [0.25, 0.3) is 5.91 Å². The van der Waals surface area contributed by atoms with Gasteiger partial charge >= 0.3 is 0 Å². The first kappa shape index (κ1) is 17.1. The second-order valence-electron chi connectivity index (χ2n) is 5.21. The molecule has 1 amide bonds. The monoisotopic (exact) mass is 317 g/mol. The van der Waals surface area contributed by atoms with Crippen LogP contribution in [0.4, 0.5) is 4.39 Å². The molecular formula is C18H20FNO3. The van der Waals surface area contributed by atoms with E-state index in [1.54, 1.807) is 0 Å². The van der Waals surface area contributed by atoms with Crippen molar-refractivity contribution in [3.8, 4) is 0 Å². The first-order chi connectivity index (χ1) is 11.1. The van der Waals surface area contributed by atoms with Gasteiger partial charge in [-0.2, -0.15) is 0 Å². The number of hydrogen-bond donors (Lipinski definition) is 2. The van der Waals surface area contributed by atoms with E-state index in [9.17, 15) is 9.18 Å². The normalized spacial score (nSPS) is 12.0. The Hall–Kier alpha value is -2.24. The molecule has 0 heterocycles. The molecule has 4 nitrogen and oxygen atoms in total. The molecule has 122 valence electrons. The first-order valence-corrected chi connectivity index (χ1v) is 7.43. The number of ether oxygens (including phenoxy) is 1. The van der Waals surface area contributed by atoms with Crippen LogP contribution in [0.1, 0.15) is 27.6 Å². The van der Waals surface area contributed by atoms with Crippen molar-refractivity contribution >= 4 is 5.91 Å². The largest absolute Gasteiger partial charge is 0.394 e. The number of aryl methyl sites for hydroxylation is 1. The summed E-state index contributed by atoms with van der Waals surface area (Å²) in [5.74, 6) is -0.680. The van der Waals surface area contributed by atoms with E-state index in [-0.39, 0.29) is 37.6 Å². The van der Waals surface area contributed by atoms with Gasteiger partial charge in [-0.25, -0.2) is 4.39 Å². The molecule has 0 saturated carbocycles. The highest BCUT2D eigenvalue weighted by atomic mass is 19.1. The molecule has 2 N–H and O–H groups in total. The molecule has 5 heteroatoms. The third-order valence-corrected chi connectivity index (χ3v) is 3.41. The number of carbonyl (C=O) groups is 1. The van der Waals surface area contributed by atoms with Crippen LogP contribution < -0.4 is 5.32 Å². The van der Waals surface area contributed by atoms with Crippen LogP contribution in [-0.4, -0.2) is 30.8 Å². The lowest BCUT2D eigenvalue weighted by atomic mass is 10.1. The zero-order valence-electron chi connectivity index (χ0n) is 13.0. The van der Waals surface area contributed by atoms with Crippen molar-refractivity contribution in [2.24, 2.45) is 0 Å². The van der Waals surface area contributed by atoms with Crippen molar-refractivity contribution in [3.63, 3.8) is 0 Å². The summed E-state index contributed by atoms with van der Waals surface area (Å²) < 4.78 is 18.5. The second-order valence-corrected chi connectivity index (χ2v) is 5.21. The molecule has 2 aromatic rings. The summed E-state index contributed by atoms with van der Waals surface area (Å²) in [4.78, 5) is 12.1. The van der Waals surface area contributed by atoms with E-state index in [2.05, 4.69) is 5.32 Å². The third kappa shape index (κ3) is 5.16. The van der Waals surface area contributed by atoms with Gasteiger partial charge in [0.2, 0.25) is 0 Å². The van der Waals surface area contributed by atoms with Crippen LogP contribution in [0.3, 0.4) is 0 Å². The summed E-state index contributed by atoms with van der Waals surface area (Å²) >= 11 is 0. The maximum Gasteiger partial charge on any atom is 0.251 e.